The fourth-order valence-electron chi connectivity index (χ4n) is 6.48. The van der Waals surface area contributed by atoms with Crippen molar-refractivity contribution in [1.82, 2.24) is 0 Å². The van der Waals surface area contributed by atoms with Crippen LogP contribution < -0.4 is 0 Å². The maximum Gasteiger partial charge on any atom is 0.244 e. The zero-order valence-corrected chi connectivity index (χ0v) is 26.8. The van der Waals surface area contributed by atoms with E-state index in [-0.39, 0.29) is 0 Å². The van der Waals surface area contributed by atoms with E-state index < -0.39 is 0 Å². The molecule has 1 aromatic rings. The van der Waals surface area contributed by atoms with E-state index in [1.807, 2.05) is 12.4 Å². The summed E-state index contributed by atoms with van der Waals surface area (Å²) in [6.45, 7) is 4.61. The molecule has 1 aromatic carbocycles. The third kappa shape index (κ3) is 17.3. The van der Waals surface area contributed by atoms with Crippen LogP contribution in [0.4, 0.5) is 0 Å². The average Bonchev–Trinajstić information content (AvgIpc) is 3.51. The first-order valence-electron chi connectivity index (χ1n) is 17.8. The zero-order chi connectivity index (χ0) is 28.4. The second kappa shape index (κ2) is 25.2. The summed E-state index contributed by atoms with van der Waals surface area (Å²) < 4.78 is 0. The number of rotatable bonds is 28. The molecule has 0 aliphatic carbocycles. The lowest BCUT2D eigenvalue weighted by Gasteiger charge is -2.26. The van der Waals surface area contributed by atoms with Gasteiger partial charge in [0.25, 0.3) is 0 Å². The Bertz CT molecular complexity index is 712. The van der Waals surface area contributed by atoms with E-state index in [0.717, 1.165) is 12.6 Å². The van der Waals surface area contributed by atoms with Crippen molar-refractivity contribution < 1.29 is 0 Å². The second-order valence-corrected chi connectivity index (χ2v) is 12.6. The highest BCUT2D eigenvalue weighted by atomic mass is 15.0. The molecule has 1 aliphatic rings. The first-order valence-corrected chi connectivity index (χ1v) is 17.8. The van der Waals surface area contributed by atoms with Crippen molar-refractivity contribution in [3.05, 3.63) is 42.1 Å². The molecule has 2 rings (SSSR count). The van der Waals surface area contributed by atoms with E-state index >= 15 is 0 Å². The van der Waals surface area contributed by atoms with Crippen LogP contribution in [-0.4, -0.2) is 12.4 Å². The van der Waals surface area contributed by atoms with Crippen molar-refractivity contribution in [2.45, 2.75) is 174 Å². The van der Waals surface area contributed by atoms with Crippen molar-refractivity contribution in [3.63, 3.8) is 0 Å². The largest absolute Gasteiger partial charge is 0.244 e. The molecule has 2 heteroatoms. The van der Waals surface area contributed by atoms with Crippen LogP contribution in [0.3, 0.4) is 0 Å². The highest BCUT2D eigenvalue weighted by Gasteiger charge is 2.35. The van der Waals surface area contributed by atoms with Gasteiger partial charge < -0.3 is 0 Å². The summed E-state index contributed by atoms with van der Waals surface area (Å²) in [6.07, 6.45) is 39.6. The predicted octanol–water partition coefficient (Wildman–Crippen LogP) is 12.5. The average molecular weight is 550 g/mol. The van der Waals surface area contributed by atoms with E-state index in [9.17, 15) is 0 Å². The normalized spacial score (nSPS) is 14.3. The monoisotopic (exact) mass is 550 g/mol. The van der Waals surface area contributed by atoms with Gasteiger partial charge in [0.2, 0.25) is 6.17 Å². The fraction of sp³-hybridized carbons (Fsp3) is 0.763. The van der Waals surface area contributed by atoms with Gasteiger partial charge in [0, 0.05) is 0 Å². The minimum atomic E-state index is 0.497. The van der Waals surface area contributed by atoms with Crippen molar-refractivity contribution in [2.75, 3.05) is 0 Å². The number of hydrogen-bond donors (Lipinski definition) is 0. The SMILES string of the molecule is CCCCCCCCCCCCCCC(Cc1ccccc1)C(CCCCCCCCCCCC)[C+]1N=CC=N1. The molecule has 0 saturated carbocycles. The molecule has 40 heavy (non-hydrogen) atoms. The topological polar surface area (TPSA) is 24.7 Å². The minimum Gasteiger partial charge on any atom is -0.0965 e. The van der Waals surface area contributed by atoms with E-state index in [2.05, 4.69) is 44.2 Å². The summed E-state index contributed by atoms with van der Waals surface area (Å²) in [5.41, 5.74) is 1.48. The Kier molecular flexibility index (Phi) is 21.8. The van der Waals surface area contributed by atoms with E-state index in [0.29, 0.717) is 11.8 Å². The standard InChI is InChI=1S/C38H65N2/c1-3-5-7-9-11-13-15-16-17-19-21-26-30-36(34-35-28-24-23-25-29-35)37(38-39-32-33-40-38)31-27-22-20-18-14-12-10-8-6-4-2/h23-25,28-29,32-33,36-37H,3-22,26-27,30-31,34H2,1-2H3/q+1. The van der Waals surface area contributed by atoms with Crippen molar-refractivity contribution >= 4 is 12.4 Å². The first kappa shape index (κ1) is 34.6. The van der Waals surface area contributed by atoms with Crippen LogP contribution in [0.2, 0.25) is 0 Å². The number of hydrogen-bond acceptors (Lipinski definition) is 2. The number of unbranched alkanes of at least 4 members (excludes halogenated alkanes) is 20. The summed E-state index contributed by atoms with van der Waals surface area (Å²) in [7, 11) is 0. The first-order chi connectivity index (χ1) is 19.8. The van der Waals surface area contributed by atoms with Crippen molar-refractivity contribution in [1.29, 1.82) is 0 Å². The van der Waals surface area contributed by atoms with E-state index in [1.54, 1.807) is 0 Å². The van der Waals surface area contributed by atoms with E-state index in [4.69, 9.17) is 9.98 Å². The van der Waals surface area contributed by atoms with Gasteiger partial charge in [-0.1, -0.05) is 195 Å². The lowest BCUT2D eigenvalue weighted by molar-refractivity contribution is 0.284. The summed E-state index contributed by atoms with van der Waals surface area (Å²) in [6, 6.07) is 11.2. The van der Waals surface area contributed by atoms with Crippen molar-refractivity contribution in [3.8, 4) is 0 Å². The van der Waals surface area contributed by atoms with Gasteiger partial charge in [0.15, 0.2) is 12.4 Å². The molecule has 0 bridgehead atoms. The quantitative estimate of drug-likeness (QED) is 0.0733. The zero-order valence-electron chi connectivity index (χ0n) is 26.8. The number of nitrogens with zero attached hydrogens (tertiary/aromatic N) is 2. The molecule has 2 atom stereocenters. The Morgan fingerprint density at radius 2 is 0.900 bits per heavy atom. The maximum atomic E-state index is 4.74. The van der Waals surface area contributed by atoms with Gasteiger partial charge in [-0.2, -0.15) is 0 Å². The minimum absolute atomic E-state index is 0.497. The Morgan fingerprint density at radius 3 is 1.35 bits per heavy atom. The van der Waals surface area contributed by atoms with Gasteiger partial charge in [-0.25, -0.2) is 0 Å². The molecule has 2 unspecified atom stereocenters. The molecule has 0 fully saturated rings. The molecule has 1 aliphatic heterocycles. The van der Waals surface area contributed by atoms with Gasteiger partial charge >= 0.3 is 0 Å². The summed E-state index contributed by atoms with van der Waals surface area (Å²) in [4.78, 5) is 9.48. The molecule has 226 valence electrons. The van der Waals surface area contributed by atoms with E-state index in [1.165, 1.54) is 160 Å². The third-order valence-corrected chi connectivity index (χ3v) is 9.02. The van der Waals surface area contributed by atoms with Crippen molar-refractivity contribution in [2.24, 2.45) is 21.8 Å². The number of benzene rings is 1. The van der Waals surface area contributed by atoms with Crippen LogP contribution in [0.5, 0.6) is 0 Å². The smallest absolute Gasteiger partial charge is 0.0965 e. The fourth-order valence-corrected chi connectivity index (χ4v) is 6.48. The Labute approximate surface area is 250 Å². The van der Waals surface area contributed by atoms with Crippen LogP contribution in [0.15, 0.2) is 40.3 Å². The Balaban J connectivity index is 1.73. The molecule has 0 amide bonds. The summed E-state index contributed by atoms with van der Waals surface area (Å²) in [5, 5.41) is 0. The van der Waals surface area contributed by atoms with Gasteiger partial charge in [-0.05, 0) is 30.7 Å². The molecule has 0 saturated heterocycles. The van der Waals surface area contributed by atoms with Crippen LogP contribution in [0, 0.1) is 18.0 Å². The Morgan fingerprint density at radius 1 is 0.500 bits per heavy atom. The van der Waals surface area contributed by atoms with Crippen LogP contribution >= 0.6 is 0 Å². The van der Waals surface area contributed by atoms with Gasteiger partial charge in [-0.15, -0.1) is 0 Å². The number of aliphatic imine (C=N–C) groups is 2. The molecular weight excluding hydrogens is 484 g/mol. The highest BCUT2D eigenvalue weighted by molar-refractivity contribution is 6.18. The van der Waals surface area contributed by atoms with Crippen LogP contribution in [0.25, 0.3) is 0 Å². The summed E-state index contributed by atoms with van der Waals surface area (Å²) >= 11 is 0. The maximum absolute atomic E-state index is 4.74. The molecule has 0 aromatic heterocycles. The van der Waals surface area contributed by atoms with Crippen LogP contribution in [-0.2, 0) is 6.42 Å². The molecule has 0 radical (unpaired) electrons. The Hall–Kier alpha value is -1.57. The molecule has 0 spiro atoms. The molecule has 2 nitrogen and oxygen atoms in total. The van der Waals surface area contributed by atoms with Gasteiger partial charge in [-0.3, -0.25) is 0 Å². The van der Waals surface area contributed by atoms with Crippen LogP contribution in [0.1, 0.15) is 174 Å². The molecule has 1 heterocycles. The van der Waals surface area contributed by atoms with Gasteiger partial charge in [0.05, 0.1) is 5.92 Å². The molecule has 0 N–H and O–H groups in total. The lowest BCUT2D eigenvalue weighted by Crippen LogP contribution is -2.22. The lowest BCUT2D eigenvalue weighted by atomic mass is 9.78. The third-order valence-electron chi connectivity index (χ3n) is 9.02. The molecular formula is C38H65N2+. The predicted molar refractivity (Wildman–Crippen MR) is 180 cm³/mol. The highest BCUT2D eigenvalue weighted by Crippen LogP contribution is 2.37. The summed E-state index contributed by atoms with van der Waals surface area (Å²) in [5.74, 6) is 1.14. The second-order valence-electron chi connectivity index (χ2n) is 12.6. The van der Waals surface area contributed by atoms with Gasteiger partial charge in [0.1, 0.15) is 0 Å².